The number of nitrogens with two attached hydrogens (primary N) is 1. The molecular weight excluding hydrogens is 428 g/mol. The molecule has 8 heteroatoms. The first-order chi connectivity index (χ1) is 15.4. The van der Waals surface area contributed by atoms with Crippen molar-refractivity contribution in [2.75, 3.05) is 19.8 Å². The standard InChI is InChI=1S/C24H26N2O5S/c25-23(29)24(12-15-31-16-13-24)32(30)18-10-8-17(9-11-18)5-3-4-14-26-21(27)19-6-1-2-7-20(19)22(26)28/h1-2,6-11H,3-5,12-16H2,(H2,25,29). The number of carbonyl (C=O) groups is 3. The zero-order valence-corrected chi connectivity index (χ0v) is 18.6. The highest BCUT2D eigenvalue weighted by molar-refractivity contribution is 7.87. The van der Waals surface area contributed by atoms with Crippen LogP contribution in [0.3, 0.4) is 0 Å². The van der Waals surface area contributed by atoms with Crippen molar-refractivity contribution in [2.24, 2.45) is 5.73 Å². The predicted molar refractivity (Wildman–Crippen MR) is 120 cm³/mol. The minimum Gasteiger partial charge on any atom is -0.381 e. The zero-order valence-electron chi connectivity index (χ0n) is 17.7. The van der Waals surface area contributed by atoms with Gasteiger partial charge >= 0.3 is 0 Å². The number of ether oxygens (including phenoxy) is 1. The summed E-state index contributed by atoms with van der Waals surface area (Å²) in [6.07, 6.45) is 2.98. The fourth-order valence-electron chi connectivity index (χ4n) is 4.27. The summed E-state index contributed by atoms with van der Waals surface area (Å²) in [6.45, 7) is 1.14. The predicted octanol–water partition coefficient (Wildman–Crippen LogP) is 2.45. The molecule has 3 amide bonds. The number of hydrogen-bond acceptors (Lipinski definition) is 5. The lowest BCUT2D eigenvalue weighted by atomic mass is 9.98. The van der Waals surface area contributed by atoms with Gasteiger partial charge in [-0.05, 0) is 61.9 Å². The van der Waals surface area contributed by atoms with E-state index in [1.807, 2.05) is 12.1 Å². The van der Waals surface area contributed by atoms with Crippen LogP contribution in [0.4, 0.5) is 0 Å². The summed E-state index contributed by atoms with van der Waals surface area (Å²) >= 11 is 0. The Kier molecular flexibility index (Phi) is 6.53. The first-order valence-electron chi connectivity index (χ1n) is 10.8. The number of aryl methyl sites for hydroxylation is 1. The third kappa shape index (κ3) is 4.12. The molecule has 1 saturated heterocycles. The Morgan fingerprint density at radius 1 is 0.969 bits per heavy atom. The molecule has 1 fully saturated rings. The van der Waals surface area contributed by atoms with E-state index in [0.29, 0.717) is 55.0 Å². The molecule has 0 saturated carbocycles. The normalized spacial score (nSPS) is 18.4. The van der Waals surface area contributed by atoms with E-state index in [4.69, 9.17) is 10.5 Å². The SMILES string of the molecule is NC(=O)C1(S(=O)c2ccc(CCCCN3C(=O)c4ccccc4C3=O)cc2)CCOCC1. The van der Waals surface area contributed by atoms with Crippen LogP contribution < -0.4 is 5.73 Å². The summed E-state index contributed by atoms with van der Waals surface area (Å²) in [6, 6.07) is 14.3. The van der Waals surface area contributed by atoms with Gasteiger partial charge in [0.1, 0.15) is 4.75 Å². The summed E-state index contributed by atoms with van der Waals surface area (Å²) in [5.74, 6) is -1.00. The van der Waals surface area contributed by atoms with Crippen molar-refractivity contribution in [1.82, 2.24) is 4.90 Å². The monoisotopic (exact) mass is 454 g/mol. The van der Waals surface area contributed by atoms with Gasteiger partial charge in [0.05, 0.1) is 21.9 Å². The van der Waals surface area contributed by atoms with Gasteiger partial charge in [-0.1, -0.05) is 24.3 Å². The highest BCUT2D eigenvalue weighted by Crippen LogP contribution is 2.32. The van der Waals surface area contributed by atoms with Crippen LogP contribution in [-0.4, -0.2) is 51.3 Å². The van der Waals surface area contributed by atoms with Gasteiger partial charge < -0.3 is 10.5 Å². The van der Waals surface area contributed by atoms with Crippen molar-refractivity contribution < 1.29 is 23.3 Å². The van der Waals surface area contributed by atoms with Crippen LogP contribution in [0, 0.1) is 0 Å². The van der Waals surface area contributed by atoms with Crippen molar-refractivity contribution in [3.8, 4) is 0 Å². The number of primary amides is 1. The van der Waals surface area contributed by atoms with Crippen LogP contribution in [0.25, 0.3) is 0 Å². The van der Waals surface area contributed by atoms with Gasteiger partial charge in [-0.15, -0.1) is 0 Å². The molecule has 2 aromatic rings. The fourth-order valence-corrected chi connectivity index (χ4v) is 5.83. The Morgan fingerprint density at radius 2 is 1.56 bits per heavy atom. The molecule has 7 nitrogen and oxygen atoms in total. The van der Waals surface area contributed by atoms with E-state index in [1.165, 1.54) is 4.90 Å². The second kappa shape index (κ2) is 9.34. The van der Waals surface area contributed by atoms with Gasteiger partial charge in [-0.2, -0.15) is 0 Å². The number of unbranched alkanes of at least 4 members (excludes halogenated alkanes) is 1. The second-order valence-electron chi connectivity index (χ2n) is 8.15. The molecule has 4 rings (SSSR count). The van der Waals surface area contributed by atoms with Crippen LogP contribution in [0.2, 0.25) is 0 Å². The molecule has 0 spiro atoms. The number of fused-ring (bicyclic) bond motifs is 1. The molecule has 0 aromatic heterocycles. The van der Waals surface area contributed by atoms with Gasteiger partial charge in [0, 0.05) is 24.7 Å². The molecule has 0 aliphatic carbocycles. The maximum atomic E-state index is 13.1. The maximum Gasteiger partial charge on any atom is 0.261 e. The number of amides is 3. The third-order valence-electron chi connectivity index (χ3n) is 6.22. The molecule has 2 aliphatic rings. The van der Waals surface area contributed by atoms with Gasteiger partial charge in [0.15, 0.2) is 0 Å². The molecule has 2 aromatic carbocycles. The molecule has 0 bridgehead atoms. The quantitative estimate of drug-likeness (QED) is 0.487. The van der Waals surface area contributed by atoms with Crippen molar-refractivity contribution in [2.45, 2.75) is 41.7 Å². The second-order valence-corrected chi connectivity index (χ2v) is 9.94. The first-order valence-corrected chi connectivity index (χ1v) is 11.9. The Bertz CT molecular complexity index is 1030. The average molecular weight is 455 g/mol. The smallest absolute Gasteiger partial charge is 0.261 e. The summed E-state index contributed by atoms with van der Waals surface area (Å²) in [4.78, 5) is 38.8. The topological polar surface area (TPSA) is 107 Å². The van der Waals surface area contributed by atoms with E-state index in [9.17, 15) is 18.6 Å². The molecule has 168 valence electrons. The first kappa shape index (κ1) is 22.4. The van der Waals surface area contributed by atoms with E-state index in [2.05, 4.69) is 0 Å². The van der Waals surface area contributed by atoms with Crippen molar-refractivity contribution in [3.05, 3.63) is 65.2 Å². The number of nitrogens with zero attached hydrogens (tertiary/aromatic N) is 1. The number of hydrogen-bond donors (Lipinski definition) is 1. The van der Waals surface area contributed by atoms with Crippen LogP contribution in [-0.2, 0) is 26.8 Å². The lowest BCUT2D eigenvalue weighted by molar-refractivity contribution is -0.122. The van der Waals surface area contributed by atoms with E-state index < -0.39 is 21.5 Å². The van der Waals surface area contributed by atoms with Crippen LogP contribution in [0.1, 0.15) is 52.0 Å². The molecular formula is C24H26N2O5S. The maximum absolute atomic E-state index is 13.1. The Morgan fingerprint density at radius 3 is 2.12 bits per heavy atom. The molecule has 2 aliphatic heterocycles. The summed E-state index contributed by atoms with van der Waals surface area (Å²) in [5.41, 5.74) is 7.62. The molecule has 32 heavy (non-hydrogen) atoms. The number of rotatable bonds is 8. The Hall–Kier alpha value is -2.84. The molecule has 1 unspecified atom stereocenters. The number of benzene rings is 2. The Balaban J connectivity index is 1.31. The van der Waals surface area contributed by atoms with Gasteiger partial charge in [-0.3, -0.25) is 23.5 Å². The molecule has 2 N–H and O–H groups in total. The Labute approximate surface area is 189 Å². The summed E-state index contributed by atoms with van der Waals surface area (Å²) in [7, 11) is -1.54. The third-order valence-corrected chi connectivity index (χ3v) is 8.24. The van der Waals surface area contributed by atoms with E-state index >= 15 is 0 Å². The van der Waals surface area contributed by atoms with Gasteiger partial charge in [-0.25, -0.2) is 0 Å². The van der Waals surface area contributed by atoms with E-state index in [-0.39, 0.29) is 11.8 Å². The zero-order chi connectivity index (χ0) is 22.7. The molecule has 0 radical (unpaired) electrons. The lowest BCUT2D eigenvalue weighted by Crippen LogP contribution is -2.51. The van der Waals surface area contributed by atoms with Crippen molar-refractivity contribution in [3.63, 3.8) is 0 Å². The van der Waals surface area contributed by atoms with Gasteiger partial charge in [0.2, 0.25) is 5.91 Å². The van der Waals surface area contributed by atoms with E-state index in [1.54, 1.807) is 36.4 Å². The van der Waals surface area contributed by atoms with Crippen LogP contribution in [0.5, 0.6) is 0 Å². The minimum absolute atomic E-state index is 0.228. The molecule has 1 atom stereocenters. The van der Waals surface area contributed by atoms with E-state index in [0.717, 1.165) is 18.4 Å². The summed E-state index contributed by atoms with van der Waals surface area (Å²) in [5, 5.41) is 0. The lowest BCUT2D eigenvalue weighted by Gasteiger charge is -2.33. The fraction of sp³-hybridized carbons (Fsp3) is 0.375. The average Bonchev–Trinajstić information content (AvgIpc) is 3.07. The largest absolute Gasteiger partial charge is 0.381 e. The highest BCUT2D eigenvalue weighted by Gasteiger charge is 2.45. The molecule has 2 heterocycles. The minimum atomic E-state index is -1.54. The number of carbonyl (C=O) groups excluding carboxylic acids is 3. The number of imide groups is 1. The van der Waals surface area contributed by atoms with Crippen LogP contribution in [0.15, 0.2) is 53.4 Å². The summed E-state index contributed by atoms with van der Waals surface area (Å²) < 4.78 is 17.4. The van der Waals surface area contributed by atoms with Crippen molar-refractivity contribution in [1.29, 1.82) is 0 Å². The van der Waals surface area contributed by atoms with Gasteiger partial charge in [0.25, 0.3) is 11.8 Å². The highest BCUT2D eigenvalue weighted by atomic mass is 32.2. The van der Waals surface area contributed by atoms with Crippen LogP contribution >= 0.6 is 0 Å². The van der Waals surface area contributed by atoms with Crippen molar-refractivity contribution >= 4 is 28.5 Å².